The maximum Gasteiger partial charge on any atom is 0.339 e. The number of carbonyl (C=O) groups is 2. The Morgan fingerprint density at radius 2 is 1.77 bits per heavy atom. The van der Waals surface area contributed by atoms with Crippen molar-refractivity contribution in [2.45, 2.75) is 63.3 Å². The Kier molecular flexibility index (Phi) is 6.31. The lowest BCUT2D eigenvalue weighted by molar-refractivity contribution is -0.133. The van der Waals surface area contributed by atoms with Gasteiger partial charge in [0.2, 0.25) is 5.91 Å². The van der Waals surface area contributed by atoms with Crippen molar-refractivity contribution >= 4 is 17.7 Å². The number of benzene rings is 1. The van der Waals surface area contributed by atoms with Crippen LogP contribution in [0.2, 0.25) is 0 Å². The molecule has 0 radical (unpaired) electrons. The second-order valence-corrected chi connectivity index (χ2v) is 11.3. The molecular weight excluding hydrogens is 492 g/mol. The van der Waals surface area contributed by atoms with Crippen molar-refractivity contribution in [3.05, 3.63) is 71.7 Å². The molecule has 1 amide bonds. The van der Waals surface area contributed by atoms with Crippen LogP contribution in [0.4, 0.5) is 5.82 Å². The SMILES string of the molecule is O=C(OC1CCC1)c1ccc(N2C3CCC2CN(CC(=O)N2CCc4nn(-c5ccccc5)cc4C2)C3)nc1. The van der Waals surface area contributed by atoms with Crippen molar-refractivity contribution in [2.75, 3.05) is 31.1 Å². The molecule has 2 aromatic heterocycles. The maximum absolute atomic E-state index is 13.3. The number of pyridine rings is 1. The first-order chi connectivity index (χ1) is 19.1. The molecule has 3 aliphatic heterocycles. The molecule has 39 heavy (non-hydrogen) atoms. The molecule has 202 valence electrons. The van der Waals surface area contributed by atoms with E-state index >= 15 is 0 Å². The molecule has 7 rings (SSSR count). The van der Waals surface area contributed by atoms with E-state index in [1.807, 2.05) is 52.0 Å². The van der Waals surface area contributed by atoms with Gasteiger partial charge in [0.15, 0.2) is 0 Å². The number of piperazine rings is 1. The summed E-state index contributed by atoms with van der Waals surface area (Å²) in [6.45, 7) is 3.47. The fraction of sp³-hybridized carbons (Fsp3) is 0.467. The van der Waals surface area contributed by atoms with Crippen LogP contribution in [0.3, 0.4) is 0 Å². The molecule has 2 saturated heterocycles. The second kappa shape index (κ2) is 10.1. The van der Waals surface area contributed by atoms with E-state index in [-0.39, 0.29) is 18.0 Å². The summed E-state index contributed by atoms with van der Waals surface area (Å²) in [5.41, 5.74) is 3.77. The molecule has 1 aliphatic carbocycles. The van der Waals surface area contributed by atoms with Crippen LogP contribution in [-0.4, -0.2) is 80.8 Å². The lowest BCUT2D eigenvalue weighted by Crippen LogP contribution is -2.56. The van der Waals surface area contributed by atoms with Crippen molar-refractivity contribution in [1.82, 2.24) is 24.6 Å². The van der Waals surface area contributed by atoms with Crippen molar-refractivity contribution < 1.29 is 14.3 Å². The molecule has 1 saturated carbocycles. The number of fused-ring (bicyclic) bond motifs is 3. The Bertz CT molecular complexity index is 1340. The molecule has 1 aromatic carbocycles. The van der Waals surface area contributed by atoms with Gasteiger partial charge in [-0.3, -0.25) is 9.69 Å². The zero-order chi connectivity index (χ0) is 26.3. The second-order valence-electron chi connectivity index (χ2n) is 11.3. The van der Waals surface area contributed by atoms with Gasteiger partial charge in [-0.15, -0.1) is 0 Å². The first kappa shape index (κ1) is 24.3. The predicted molar refractivity (Wildman–Crippen MR) is 146 cm³/mol. The van der Waals surface area contributed by atoms with Gasteiger partial charge in [0, 0.05) is 62.6 Å². The predicted octanol–water partition coefficient (Wildman–Crippen LogP) is 3.21. The Balaban J connectivity index is 0.957. The summed E-state index contributed by atoms with van der Waals surface area (Å²) < 4.78 is 7.44. The van der Waals surface area contributed by atoms with Crippen LogP contribution in [0, 0.1) is 0 Å². The standard InChI is InChI=1S/C30H34N6O3/c37-29(34-14-13-27-22(16-34)17-35(32-27)23-5-2-1-3-6-23)20-33-18-24-10-11-25(19-33)36(24)28-12-9-21(15-31-28)30(38)39-26-7-4-8-26/h1-3,5-6,9,12,15,17,24-26H,4,7-8,10-11,13-14,16,18-20H2. The van der Waals surface area contributed by atoms with Crippen LogP contribution in [0.25, 0.3) is 5.69 Å². The first-order valence-corrected chi connectivity index (χ1v) is 14.2. The van der Waals surface area contributed by atoms with E-state index in [1.54, 1.807) is 6.20 Å². The van der Waals surface area contributed by atoms with Gasteiger partial charge >= 0.3 is 5.97 Å². The molecule has 3 aromatic rings. The van der Waals surface area contributed by atoms with E-state index in [4.69, 9.17) is 9.84 Å². The van der Waals surface area contributed by atoms with Crippen LogP contribution in [0.1, 0.15) is 53.7 Å². The molecule has 0 N–H and O–H groups in total. The Morgan fingerprint density at radius 1 is 0.974 bits per heavy atom. The number of rotatable bonds is 6. The molecule has 4 aliphatic rings. The summed E-state index contributed by atoms with van der Waals surface area (Å²) in [6, 6.07) is 14.6. The van der Waals surface area contributed by atoms with E-state index in [0.717, 1.165) is 74.4 Å². The van der Waals surface area contributed by atoms with Crippen LogP contribution in [0.15, 0.2) is 54.9 Å². The van der Waals surface area contributed by atoms with Crippen LogP contribution < -0.4 is 4.90 Å². The summed E-state index contributed by atoms with van der Waals surface area (Å²) in [5.74, 6) is 0.823. The number of aromatic nitrogens is 3. The third-order valence-electron chi connectivity index (χ3n) is 8.72. The Hall–Kier alpha value is -3.72. The molecule has 2 unspecified atom stereocenters. The molecule has 5 heterocycles. The van der Waals surface area contributed by atoms with Crippen molar-refractivity contribution in [3.63, 3.8) is 0 Å². The number of ether oxygens (including phenoxy) is 1. The lowest BCUT2D eigenvalue weighted by Gasteiger charge is -2.42. The number of hydrogen-bond acceptors (Lipinski definition) is 7. The zero-order valence-corrected chi connectivity index (χ0v) is 22.1. The Labute approximate surface area is 228 Å². The zero-order valence-electron chi connectivity index (χ0n) is 22.1. The number of hydrogen-bond donors (Lipinski definition) is 0. The molecule has 9 nitrogen and oxygen atoms in total. The molecule has 0 spiro atoms. The van der Waals surface area contributed by atoms with Crippen LogP contribution in [0.5, 0.6) is 0 Å². The van der Waals surface area contributed by atoms with Gasteiger partial charge in [-0.25, -0.2) is 14.5 Å². The number of nitrogens with zero attached hydrogens (tertiary/aromatic N) is 6. The third-order valence-corrected chi connectivity index (χ3v) is 8.72. The summed E-state index contributed by atoms with van der Waals surface area (Å²) in [4.78, 5) is 37.0. The molecule has 2 bridgehead atoms. The minimum absolute atomic E-state index is 0.0720. The highest BCUT2D eigenvalue weighted by Gasteiger charge is 2.41. The largest absolute Gasteiger partial charge is 0.459 e. The average Bonchev–Trinajstić information content (AvgIpc) is 3.49. The van der Waals surface area contributed by atoms with Gasteiger partial charge in [0.05, 0.1) is 23.5 Å². The normalized spacial score (nSPS) is 22.9. The summed E-state index contributed by atoms with van der Waals surface area (Å²) in [6.07, 6.45) is 9.82. The quantitative estimate of drug-likeness (QED) is 0.456. The van der Waals surface area contributed by atoms with Gasteiger partial charge in [-0.2, -0.15) is 5.10 Å². The summed E-state index contributed by atoms with van der Waals surface area (Å²) >= 11 is 0. The van der Waals surface area contributed by atoms with E-state index in [0.29, 0.717) is 37.3 Å². The van der Waals surface area contributed by atoms with Crippen molar-refractivity contribution in [1.29, 1.82) is 0 Å². The van der Waals surface area contributed by atoms with E-state index in [9.17, 15) is 9.59 Å². The third kappa shape index (κ3) is 4.80. The van der Waals surface area contributed by atoms with Gasteiger partial charge < -0.3 is 14.5 Å². The summed E-state index contributed by atoms with van der Waals surface area (Å²) in [7, 11) is 0. The Morgan fingerprint density at radius 3 is 2.46 bits per heavy atom. The van der Waals surface area contributed by atoms with Gasteiger partial charge in [-0.05, 0) is 56.4 Å². The van der Waals surface area contributed by atoms with Crippen molar-refractivity contribution in [3.8, 4) is 5.69 Å². The van der Waals surface area contributed by atoms with E-state index in [2.05, 4.69) is 21.0 Å². The first-order valence-electron chi connectivity index (χ1n) is 14.2. The highest BCUT2D eigenvalue weighted by atomic mass is 16.5. The fourth-order valence-corrected chi connectivity index (χ4v) is 6.39. The number of likely N-dealkylation sites (tertiary alicyclic amines) is 1. The van der Waals surface area contributed by atoms with Crippen molar-refractivity contribution in [2.24, 2.45) is 0 Å². The van der Waals surface area contributed by atoms with Crippen LogP contribution in [-0.2, 0) is 22.5 Å². The topological polar surface area (TPSA) is 83.8 Å². The van der Waals surface area contributed by atoms with Crippen LogP contribution >= 0.6 is 0 Å². The minimum Gasteiger partial charge on any atom is -0.459 e. The van der Waals surface area contributed by atoms with Gasteiger partial charge in [-0.1, -0.05) is 18.2 Å². The number of para-hydroxylation sites is 1. The van der Waals surface area contributed by atoms with E-state index in [1.165, 1.54) is 0 Å². The smallest absolute Gasteiger partial charge is 0.339 e. The monoisotopic (exact) mass is 526 g/mol. The molecular formula is C30H34N6O3. The van der Waals surface area contributed by atoms with E-state index < -0.39 is 0 Å². The van der Waals surface area contributed by atoms with Gasteiger partial charge in [0.1, 0.15) is 11.9 Å². The molecule has 9 heteroatoms. The fourth-order valence-electron chi connectivity index (χ4n) is 6.39. The highest BCUT2D eigenvalue weighted by molar-refractivity contribution is 5.89. The average molecular weight is 527 g/mol. The minimum atomic E-state index is -0.276. The maximum atomic E-state index is 13.3. The lowest BCUT2D eigenvalue weighted by atomic mass is 9.96. The number of amides is 1. The number of esters is 1. The highest BCUT2D eigenvalue weighted by Crippen LogP contribution is 2.34. The molecule has 2 atom stereocenters. The number of anilines is 1. The summed E-state index contributed by atoms with van der Waals surface area (Å²) in [5, 5.41) is 4.76. The van der Waals surface area contributed by atoms with Gasteiger partial charge in [0.25, 0.3) is 0 Å². The molecule has 3 fully saturated rings. The number of carbonyl (C=O) groups excluding carboxylic acids is 2.